The SMILES string of the molecule is O=C(Cc1csc(CCc2ccccc2)n1)NC1CCS(=O)(=O)C1. The number of amides is 1. The fourth-order valence-corrected chi connectivity index (χ4v) is 5.26. The highest BCUT2D eigenvalue weighted by atomic mass is 32.2. The molecule has 1 atom stereocenters. The number of aryl methyl sites for hydroxylation is 2. The molecule has 3 rings (SSSR count). The largest absolute Gasteiger partial charge is 0.352 e. The predicted octanol–water partition coefficient (Wildman–Crippen LogP) is 1.77. The van der Waals surface area contributed by atoms with Crippen molar-refractivity contribution < 1.29 is 13.2 Å². The highest BCUT2D eigenvalue weighted by Gasteiger charge is 2.28. The van der Waals surface area contributed by atoms with Gasteiger partial charge >= 0.3 is 0 Å². The van der Waals surface area contributed by atoms with Crippen molar-refractivity contribution in [3.8, 4) is 0 Å². The second-order valence-electron chi connectivity index (χ2n) is 6.06. The third-order valence-electron chi connectivity index (χ3n) is 4.01. The lowest BCUT2D eigenvalue weighted by Gasteiger charge is -2.09. The first-order chi connectivity index (χ1) is 11.5. The molecule has 1 aromatic heterocycles. The molecule has 24 heavy (non-hydrogen) atoms. The van der Waals surface area contributed by atoms with Gasteiger partial charge in [0.25, 0.3) is 0 Å². The molecule has 1 fully saturated rings. The molecule has 0 saturated carbocycles. The Morgan fingerprint density at radius 2 is 2.04 bits per heavy atom. The van der Waals surface area contributed by atoms with Crippen LogP contribution in [0.4, 0.5) is 0 Å². The van der Waals surface area contributed by atoms with Gasteiger partial charge in [0.15, 0.2) is 9.84 Å². The molecule has 0 radical (unpaired) electrons. The van der Waals surface area contributed by atoms with E-state index >= 15 is 0 Å². The lowest BCUT2D eigenvalue weighted by Crippen LogP contribution is -2.36. The van der Waals surface area contributed by atoms with Crippen LogP contribution in [-0.2, 0) is 33.9 Å². The van der Waals surface area contributed by atoms with Crippen LogP contribution in [0.2, 0.25) is 0 Å². The molecule has 5 nitrogen and oxygen atoms in total. The molecular weight excluding hydrogens is 344 g/mol. The Hall–Kier alpha value is -1.73. The lowest BCUT2D eigenvalue weighted by atomic mass is 10.1. The zero-order valence-electron chi connectivity index (χ0n) is 13.3. The van der Waals surface area contributed by atoms with E-state index in [0.717, 1.165) is 23.5 Å². The van der Waals surface area contributed by atoms with E-state index in [0.29, 0.717) is 6.42 Å². The summed E-state index contributed by atoms with van der Waals surface area (Å²) in [5, 5.41) is 5.72. The van der Waals surface area contributed by atoms with Crippen molar-refractivity contribution >= 4 is 27.1 Å². The number of carbonyl (C=O) groups excluding carboxylic acids is 1. The van der Waals surface area contributed by atoms with Crippen molar-refractivity contribution in [1.82, 2.24) is 10.3 Å². The molecule has 1 unspecified atom stereocenters. The summed E-state index contributed by atoms with van der Waals surface area (Å²) in [5.41, 5.74) is 2.02. The zero-order chi connectivity index (χ0) is 17.0. The van der Waals surface area contributed by atoms with Crippen LogP contribution >= 0.6 is 11.3 Å². The molecule has 1 amide bonds. The second-order valence-corrected chi connectivity index (χ2v) is 9.23. The van der Waals surface area contributed by atoms with Crippen molar-refractivity contribution in [3.05, 3.63) is 52.0 Å². The third kappa shape index (κ3) is 4.88. The van der Waals surface area contributed by atoms with E-state index in [-0.39, 0.29) is 29.9 Å². The van der Waals surface area contributed by atoms with E-state index < -0.39 is 9.84 Å². The first kappa shape index (κ1) is 17.1. The number of rotatable bonds is 6. The van der Waals surface area contributed by atoms with E-state index in [2.05, 4.69) is 22.4 Å². The van der Waals surface area contributed by atoms with Gasteiger partial charge in [0.1, 0.15) is 0 Å². The van der Waals surface area contributed by atoms with E-state index in [9.17, 15) is 13.2 Å². The van der Waals surface area contributed by atoms with Crippen molar-refractivity contribution in [2.75, 3.05) is 11.5 Å². The van der Waals surface area contributed by atoms with Gasteiger partial charge in [-0.1, -0.05) is 30.3 Å². The maximum Gasteiger partial charge on any atom is 0.226 e. The molecule has 1 saturated heterocycles. The maximum absolute atomic E-state index is 12.0. The van der Waals surface area contributed by atoms with Crippen LogP contribution in [-0.4, -0.2) is 36.9 Å². The van der Waals surface area contributed by atoms with Gasteiger partial charge in [-0.15, -0.1) is 11.3 Å². The van der Waals surface area contributed by atoms with Crippen LogP contribution in [0.3, 0.4) is 0 Å². The quantitative estimate of drug-likeness (QED) is 0.848. The van der Waals surface area contributed by atoms with Gasteiger partial charge in [-0.25, -0.2) is 13.4 Å². The summed E-state index contributed by atoms with van der Waals surface area (Å²) in [6.45, 7) is 0. The average Bonchev–Trinajstić information content (AvgIpc) is 3.12. The van der Waals surface area contributed by atoms with Crippen LogP contribution < -0.4 is 5.32 Å². The first-order valence-electron chi connectivity index (χ1n) is 7.97. The molecule has 0 bridgehead atoms. The van der Waals surface area contributed by atoms with Crippen molar-refractivity contribution in [2.24, 2.45) is 0 Å². The van der Waals surface area contributed by atoms with Gasteiger partial charge in [-0.05, 0) is 18.4 Å². The Morgan fingerprint density at radius 3 is 2.75 bits per heavy atom. The molecule has 1 N–H and O–H groups in total. The van der Waals surface area contributed by atoms with Gasteiger partial charge in [-0.2, -0.15) is 0 Å². The lowest BCUT2D eigenvalue weighted by molar-refractivity contribution is -0.121. The molecule has 1 aromatic carbocycles. The number of thiazole rings is 1. The predicted molar refractivity (Wildman–Crippen MR) is 94.9 cm³/mol. The Bertz CT molecular complexity index is 800. The molecule has 1 aliphatic rings. The number of sulfone groups is 1. The van der Waals surface area contributed by atoms with Gasteiger partial charge < -0.3 is 5.32 Å². The monoisotopic (exact) mass is 364 g/mol. The minimum Gasteiger partial charge on any atom is -0.352 e. The van der Waals surface area contributed by atoms with Crippen LogP contribution in [0, 0.1) is 0 Å². The fraction of sp³-hybridized carbons (Fsp3) is 0.412. The second kappa shape index (κ2) is 7.44. The van der Waals surface area contributed by atoms with Gasteiger partial charge in [-0.3, -0.25) is 4.79 Å². The number of aromatic nitrogens is 1. The Labute approximate surface area is 146 Å². The molecule has 2 heterocycles. The summed E-state index contributed by atoms with van der Waals surface area (Å²) in [6.07, 6.45) is 2.50. The molecule has 1 aliphatic heterocycles. The normalized spacial score (nSPS) is 19.2. The summed E-state index contributed by atoms with van der Waals surface area (Å²) in [6, 6.07) is 9.99. The highest BCUT2D eigenvalue weighted by molar-refractivity contribution is 7.91. The zero-order valence-corrected chi connectivity index (χ0v) is 14.9. The summed E-state index contributed by atoms with van der Waals surface area (Å²) in [7, 11) is -2.97. The number of nitrogens with one attached hydrogen (secondary N) is 1. The van der Waals surface area contributed by atoms with Gasteiger partial charge in [0, 0.05) is 17.8 Å². The van der Waals surface area contributed by atoms with Crippen LogP contribution in [0.1, 0.15) is 22.7 Å². The average molecular weight is 364 g/mol. The molecule has 0 spiro atoms. The highest BCUT2D eigenvalue weighted by Crippen LogP contribution is 2.15. The van der Waals surface area contributed by atoms with Gasteiger partial charge in [0.05, 0.1) is 28.6 Å². The van der Waals surface area contributed by atoms with Crippen molar-refractivity contribution in [3.63, 3.8) is 0 Å². The van der Waals surface area contributed by atoms with E-state index in [1.807, 2.05) is 23.6 Å². The summed E-state index contributed by atoms with van der Waals surface area (Å²) in [4.78, 5) is 16.5. The minimum absolute atomic E-state index is 0.0537. The summed E-state index contributed by atoms with van der Waals surface area (Å²) >= 11 is 1.57. The summed E-state index contributed by atoms with van der Waals surface area (Å²) < 4.78 is 22.8. The van der Waals surface area contributed by atoms with E-state index in [1.54, 1.807) is 11.3 Å². The number of carbonyl (C=O) groups is 1. The molecule has 0 aliphatic carbocycles. The molecular formula is C17H20N2O3S2. The standard InChI is InChI=1S/C17H20N2O3S2/c20-16(18-14-8-9-24(21,22)12-14)10-15-11-23-17(19-15)7-6-13-4-2-1-3-5-13/h1-5,11,14H,6-10,12H2,(H,18,20). The summed E-state index contributed by atoms with van der Waals surface area (Å²) in [5.74, 6) is 0.0631. The Balaban J connectivity index is 1.48. The number of benzene rings is 1. The molecule has 128 valence electrons. The smallest absolute Gasteiger partial charge is 0.226 e. The molecule has 7 heteroatoms. The van der Waals surface area contributed by atoms with Crippen LogP contribution in [0.25, 0.3) is 0 Å². The third-order valence-corrected chi connectivity index (χ3v) is 6.73. The fourth-order valence-electron chi connectivity index (χ4n) is 2.79. The van der Waals surface area contributed by atoms with Crippen LogP contribution in [0.15, 0.2) is 35.7 Å². The topological polar surface area (TPSA) is 76.1 Å². The van der Waals surface area contributed by atoms with Gasteiger partial charge in [0.2, 0.25) is 5.91 Å². The first-order valence-corrected chi connectivity index (χ1v) is 10.7. The van der Waals surface area contributed by atoms with E-state index in [1.165, 1.54) is 5.56 Å². The number of nitrogens with zero attached hydrogens (tertiary/aromatic N) is 1. The minimum atomic E-state index is -2.97. The van der Waals surface area contributed by atoms with E-state index in [4.69, 9.17) is 0 Å². The van der Waals surface area contributed by atoms with Crippen LogP contribution in [0.5, 0.6) is 0 Å². The maximum atomic E-state index is 12.0. The Kier molecular flexibility index (Phi) is 5.30. The van der Waals surface area contributed by atoms with Crippen molar-refractivity contribution in [2.45, 2.75) is 31.7 Å². The van der Waals surface area contributed by atoms with Crippen molar-refractivity contribution in [1.29, 1.82) is 0 Å². The number of hydrogen-bond acceptors (Lipinski definition) is 5. The molecule has 2 aromatic rings. The number of hydrogen-bond donors (Lipinski definition) is 1. The Morgan fingerprint density at radius 1 is 1.25 bits per heavy atom.